The zero-order valence-corrected chi connectivity index (χ0v) is 6.62. The molecule has 2 saturated carbocycles. The molecule has 0 aromatic carbocycles. The molecule has 0 spiro atoms. The molecule has 1 amide bonds. The number of carboxylic acids is 1. The van der Waals surface area contributed by atoms with Crippen molar-refractivity contribution in [2.24, 2.45) is 11.8 Å². The second-order valence-electron chi connectivity index (χ2n) is 3.62. The number of hydrogen-bond acceptors (Lipinski definition) is 2. The third-order valence-corrected chi connectivity index (χ3v) is 2.85. The molecule has 3 atom stereocenters. The second kappa shape index (κ2) is 2.47. The molecule has 0 bridgehead atoms. The molecule has 0 saturated heterocycles. The molecule has 4 heteroatoms. The minimum Gasteiger partial charge on any atom is -0.474 e. The minimum atomic E-state index is -1.38. The number of amides is 1. The van der Waals surface area contributed by atoms with Crippen molar-refractivity contribution in [3.8, 4) is 0 Å². The van der Waals surface area contributed by atoms with Crippen molar-refractivity contribution in [2.45, 2.75) is 25.3 Å². The van der Waals surface area contributed by atoms with Gasteiger partial charge in [0.05, 0.1) is 0 Å². The van der Waals surface area contributed by atoms with E-state index in [1.165, 1.54) is 6.42 Å². The first-order valence-electron chi connectivity index (χ1n) is 4.22. The van der Waals surface area contributed by atoms with Crippen molar-refractivity contribution in [3.05, 3.63) is 0 Å². The normalized spacial score (nSPS) is 37.2. The number of rotatable bonds is 1. The largest absolute Gasteiger partial charge is 0.474 e. The lowest BCUT2D eigenvalue weighted by Crippen LogP contribution is -2.39. The van der Waals surface area contributed by atoms with Crippen LogP contribution in [0.15, 0.2) is 0 Å². The summed E-state index contributed by atoms with van der Waals surface area (Å²) >= 11 is 0. The number of carbonyl (C=O) groups is 2. The molecule has 0 aromatic heterocycles. The van der Waals surface area contributed by atoms with Crippen LogP contribution in [0.2, 0.25) is 0 Å². The topological polar surface area (TPSA) is 66.4 Å². The molecule has 2 fully saturated rings. The Morgan fingerprint density at radius 2 is 2.08 bits per heavy atom. The van der Waals surface area contributed by atoms with Crippen LogP contribution in [0.25, 0.3) is 0 Å². The second-order valence-corrected chi connectivity index (χ2v) is 3.62. The van der Waals surface area contributed by atoms with Gasteiger partial charge in [0, 0.05) is 6.04 Å². The SMILES string of the molecule is O=C(O)C(=O)NC1CCC2CC21. The van der Waals surface area contributed by atoms with Gasteiger partial charge in [0.25, 0.3) is 0 Å². The van der Waals surface area contributed by atoms with Crippen molar-refractivity contribution in [1.82, 2.24) is 5.32 Å². The van der Waals surface area contributed by atoms with E-state index in [1.807, 2.05) is 0 Å². The first-order chi connectivity index (χ1) is 5.68. The zero-order chi connectivity index (χ0) is 8.72. The summed E-state index contributed by atoms with van der Waals surface area (Å²) < 4.78 is 0. The summed E-state index contributed by atoms with van der Waals surface area (Å²) in [4.78, 5) is 20.9. The molecular weight excluding hydrogens is 158 g/mol. The van der Waals surface area contributed by atoms with E-state index in [0.29, 0.717) is 5.92 Å². The molecule has 0 heterocycles. The van der Waals surface area contributed by atoms with Gasteiger partial charge in [0.1, 0.15) is 0 Å². The molecule has 0 aliphatic heterocycles. The van der Waals surface area contributed by atoms with E-state index in [0.717, 1.165) is 18.8 Å². The molecule has 66 valence electrons. The molecule has 2 aliphatic carbocycles. The summed E-state index contributed by atoms with van der Waals surface area (Å²) in [6, 6.07) is 0.138. The molecule has 3 unspecified atom stereocenters. The van der Waals surface area contributed by atoms with Crippen LogP contribution in [0.3, 0.4) is 0 Å². The number of carbonyl (C=O) groups excluding carboxylic acids is 1. The fraction of sp³-hybridized carbons (Fsp3) is 0.750. The highest BCUT2D eigenvalue weighted by atomic mass is 16.4. The summed E-state index contributed by atoms with van der Waals surface area (Å²) in [7, 11) is 0. The highest BCUT2D eigenvalue weighted by molar-refractivity contribution is 6.31. The van der Waals surface area contributed by atoms with E-state index in [9.17, 15) is 9.59 Å². The number of aliphatic carboxylic acids is 1. The number of hydrogen-bond donors (Lipinski definition) is 2. The van der Waals surface area contributed by atoms with Crippen molar-refractivity contribution in [3.63, 3.8) is 0 Å². The summed E-state index contributed by atoms with van der Waals surface area (Å²) in [5.41, 5.74) is 0. The Labute approximate surface area is 69.9 Å². The van der Waals surface area contributed by atoms with E-state index < -0.39 is 11.9 Å². The zero-order valence-electron chi connectivity index (χ0n) is 6.62. The number of fused-ring (bicyclic) bond motifs is 1. The maximum atomic E-state index is 10.8. The van der Waals surface area contributed by atoms with E-state index >= 15 is 0 Å². The predicted octanol–water partition coefficient (Wildman–Crippen LogP) is -0.0143. The maximum absolute atomic E-state index is 10.8. The molecule has 2 aliphatic rings. The van der Waals surface area contributed by atoms with Crippen LogP contribution in [0, 0.1) is 11.8 Å². The molecule has 0 aromatic rings. The van der Waals surface area contributed by atoms with Gasteiger partial charge in [-0.25, -0.2) is 4.79 Å². The van der Waals surface area contributed by atoms with Crippen LogP contribution in [-0.4, -0.2) is 23.0 Å². The average Bonchev–Trinajstić information content (AvgIpc) is 2.70. The van der Waals surface area contributed by atoms with Gasteiger partial charge in [-0.2, -0.15) is 0 Å². The summed E-state index contributed by atoms with van der Waals surface area (Å²) in [5.74, 6) is -0.885. The van der Waals surface area contributed by atoms with E-state index in [2.05, 4.69) is 5.32 Å². The highest BCUT2D eigenvalue weighted by Crippen LogP contribution is 2.51. The Hall–Kier alpha value is -1.06. The van der Waals surface area contributed by atoms with Crippen LogP contribution in [-0.2, 0) is 9.59 Å². The van der Waals surface area contributed by atoms with Gasteiger partial charge in [-0.3, -0.25) is 4.79 Å². The van der Waals surface area contributed by atoms with Crippen LogP contribution in [0.5, 0.6) is 0 Å². The molecule has 12 heavy (non-hydrogen) atoms. The van der Waals surface area contributed by atoms with Crippen molar-refractivity contribution >= 4 is 11.9 Å². The summed E-state index contributed by atoms with van der Waals surface area (Å²) in [5, 5.41) is 10.9. The first kappa shape index (κ1) is 7.58. The standard InChI is InChI=1S/C8H11NO3/c10-7(8(11)12)9-6-2-1-4-3-5(4)6/h4-6H,1-3H2,(H,9,10)(H,11,12). The lowest BCUT2D eigenvalue weighted by molar-refractivity contribution is -0.150. The van der Waals surface area contributed by atoms with Gasteiger partial charge < -0.3 is 10.4 Å². The quantitative estimate of drug-likeness (QED) is 0.542. The first-order valence-corrected chi connectivity index (χ1v) is 4.22. The molecule has 2 N–H and O–H groups in total. The Morgan fingerprint density at radius 1 is 1.33 bits per heavy atom. The van der Waals surface area contributed by atoms with Gasteiger partial charge in [-0.15, -0.1) is 0 Å². The van der Waals surface area contributed by atoms with Gasteiger partial charge in [-0.1, -0.05) is 0 Å². The Kier molecular flexibility index (Phi) is 1.56. The van der Waals surface area contributed by atoms with Crippen LogP contribution in [0.1, 0.15) is 19.3 Å². The lowest BCUT2D eigenvalue weighted by atomic mass is 10.2. The Balaban J connectivity index is 1.86. The van der Waals surface area contributed by atoms with E-state index in [4.69, 9.17) is 5.11 Å². The number of carboxylic acid groups (broad SMARTS) is 1. The van der Waals surface area contributed by atoms with Crippen LogP contribution < -0.4 is 5.32 Å². The van der Waals surface area contributed by atoms with Crippen molar-refractivity contribution in [2.75, 3.05) is 0 Å². The van der Waals surface area contributed by atoms with Gasteiger partial charge >= 0.3 is 11.9 Å². The summed E-state index contributed by atoms with van der Waals surface area (Å²) in [6.07, 6.45) is 3.27. The van der Waals surface area contributed by atoms with Crippen LogP contribution >= 0.6 is 0 Å². The average molecular weight is 169 g/mol. The van der Waals surface area contributed by atoms with E-state index in [1.54, 1.807) is 0 Å². The Bertz CT molecular complexity index is 238. The van der Waals surface area contributed by atoms with Crippen LogP contribution in [0.4, 0.5) is 0 Å². The molecule has 2 rings (SSSR count). The minimum absolute atomic E-state index is 0.138. The predicted molar refractivity (Wildman–Crippen MR) is 40.4 cm³/mol. The van der Waals surface area contributed by atoms with E-state index in [-0.39, 0.29) is 6.04 Å². The fourth-order valence-electron chi connectivity index (χ4n) is 2.11. The van der Waals surface area contributed by atoms with Crippen molar-refractivity contribution in [1.29, 1.82) is 0 Å². The fourth-order valence-corrected chi connectivity index (χ4v) is 2.11. The van der Waals surface area contributed by atoms with Gasteiger partial charge in [0.15, 0.2) is 0 Å². The third kappa shape index (κ3) is 1.17. The highest BCUT2D eigenvalue weighted by Gasteiger charge is 2.48. The van der Waals surface area contributed by atoms with Gasteiger partial charge in [0.2, 0.25) is 0 Å². The van der Waals surface area contributed by atoms with Gasteiger partial charge in [-0.05, 0) is 31.1 Å². The summed E-state index contributed by atoms with van der Waals surface area (Å²) in [6.45, 7) is 0. The maximum Gasteiger partial charge on any atom is 0.394 e. The molecular formula is C8H11NO3. The monoisotopic (exact) mass is 169 g/mol. The Morgan fingerprint density at radius 3 is 2.50 bits per heavy atom. The third-order valence-electron chi connectivity index (χ3n) is 2.85. The smallest absolute Gasteiger partial charge is 0.394 e. The molecule has 4 nitrogen and oxygen atoms in total. The lowest BCUT2D eigenvalue weighted by Gasteiger charge is -2.11. The molecule has 0 radical (unpaired) electrons. The van der Waals surface area contributed by atoms with Crippen molar-refractivity contribution < 1.29 is 14.7 Å². The number of nitrogens with one attached hydrogen (secondary N) is 1.